The van der Waals surface area contributed by atoms with E-state index in [4.69, 9.17) is 24.1 Å². The summed E-state index contributed by atoms with van der Waals surface area (Å²) in [5.41, 5.74) is 8.30. The van der Waals surface area contributed by atoms with Crippen molar-refractivity contribution in [3.63, 3.8) is 0 Å². The van der Waals surface area contributed by atoms with Crippen LogP contribution in [0.1, 0.15) is 0 Å². The maximum Gasteiger partial charge on any atom is 0.180 e. The van der Waals surface area contributed by atoms with Gasteiger partial charge in [-0.25, -0.2) is 0 Å². The fourth-order valence-electron chi connectivity index (χ4n) is 2.37. The molecule has 2 aromatic heterocycles. The quantitative estimate of drug-likeness (QED) is 0.778. The average Bonchev–Trinajstić information content (AvgIpc) is 3.16. The molecule has 0 bridgehead atoms. The highest BCUT2D eigenvalue weighted by Gasteiger charge is 2.21. The van der Waals surface area contributed by atoms with Gasteiger partial charge < -0.3 is 24.1 Å². The third-order valence-electron chi connectivity index (χ3n) is 3.33. The Kier molecular flexibility index (Phi) is 2.60. The Morgan fingerprint density at radius 3 is 2.67 bits per heavy atom. The van der Waals surface area contributed by atoms with Gasteiger partial charge in [0.2, 0.25) is 0 Å². The molecular weight excluding hydrogens is 272 g/mol. The Labute approximate surface area is 120 Å². The predicted molar refractivity (Wildman–Crippen MR) is 75.0 cm³/mol. The first-order valence-corrected chi connectivity index (χ1v) is 6.50. The Morgan fingerprint density at radius 1 is 1.00 bits per heavy atom. The number of fused-ring (bicyclic) bond motifs is 1. The Hall–Kier alpha value is -2.89. The highest BCUT2D eigenvalue weighted by atomic mass is 16.6. The predicted octanol–water partition coefficient (Wildman–Crippen LogP) is 2.96. The van der Waals surface area contributed by atoms with E-state index in [0.717, 1.165) is 16.9 Å². The molecule has 6 nitrogen and oxygen atoms in total. The van der Waals surface area contributed by atoms with E-state index in [1.807, 2.05) is 18.2 Å². The van der Waals surface area contributed by atoms with Gasteiger partial charge in [-0.05, 0) is 23.8 Å². The number of nitrogen functional groups attached to an aromatic ring is 1. The van der Waals surface area contributed by atoms with Gasteiger partial charge in [0.15, 0.2) is 23.1 Å². The van der Waals surface area contributed by atoms with Gasteiger partial charge in [-0.15, -0.1) is 0 Å². The van der Waals surface area contributed by atoms with Crippen LogP contribution in [-0.4, -0.2) is 18.4 Å². The number of aromatic nitrogens is 1. The summed E-state index contributed by atoms with van der Waals surface area (Å²) in [5, 5.41) is 3.85. The van der Waals surface area contributed by atoms with Crippen LogP contribution in [-0.2, 0) is 0 Å². The fourth-order valence-corrected chi connectivity index (χ4v) is 2.37. The van der Waals surface area contributed by atoms with E-state index in [1.165, 1.54) is 0 Å². The van der Waals surface area contributed by atoms with Crippen LogP contribution in [0.25, 0.3) is 22.5 Å². The topological polar surface area (TPSA) is 83.7 Å². The molecule has 2 N–H and O–H groups in total. The molecule has 0 aliphatic carbocycles. The maximum absolute atomic E-state index is 5.95. The van der Waals surface area contributed by atoms with Crippen molar-refractivity contribution in [1.29, 1.82) is 0 Å². The molecule has 1 aliphatic rings. The summed E-state index contributed by atoms with van der Waals surface area (Å²) in [4.78, 5) is 0. The van der Waals surface area contributed by atoms with Crippen molar-refractivity contribution in [1.82, 2.24) is 5.16 Å². The standard InChI is InChI=1S/C15H12N2O4/c16-15-13(14(21-17-15)10-3-4-18-8-10)9-1-2-11-12(7-9)20-6-5-19-11/h1-4,7-8H,5-6H2,(H2,16,17). The average molecular weight is 284 g/mol. The van der Waals surface area contributed by atoms with Crippen LogP contribution in [0.2, 0.25) is 0 Å². The number of ether oxygens (including phenoxy) is 2. The lowest BCUT2D eigenvalue weighted by molar-refractivity contribution is 0.171. The van der Waals surface area contributed by atoms with Crippen molar-refractivity contribution in [2.45, 2.75) is 0 Å². The van der Waals surface area contributed by atoms with Gasteiger partial charge in [-0.1, -0.05) is 11.2 Å². The molecule has 3 heterocycles. The molecule has 0 atom stereocenters. The molecule has 0 fully saturated rings. The van der Waals surface area contributed by atoms with Crippen molar-refractivity contribution in [2.75, 3.05) is 18.9 Å². The largest absolute Gasteiger partial charge is 0.486 e. The number of benzene rings is 1. The summed E-state index contributed by atoms with van der Waals surface area (Å²) in [6.07, 6.45) is 3.16. The minimum Gasteiger partial charge on any atom is -0.486 e. The van der Waals surface area contributed by atoms with Crippen LogP contribution >= 0.6 is 0 Å². The minimum absolute atomic E-state index is 0.322. The first-order valence-electron chi connectivity index (χ1n) is 6.50. The number of anilines is 1. The van der Waals surface area contributed by atoms with Crippen LogP contribution in [0.15, 0.2) is 45.7 Å². The summed E-state index contributed by atoms with van der Waals surface area (Å²) >= 11 is 0. The lowest BCUT2D eigenvalue weighted by atomic mass is 10.0. The van der Waals surface area contributed by atoms with E-state index in [-0.39, 0.29) is 0 Å². The SMILES string of the molecule is Nc1noc(-c2ccoc2)c1-c1ccc2c(c1)OCCO2. The van der Waals surface area contributed by atoms with Gasteiger partial charge in [0.05, 0.1) is 17.4 Å². The Bertz CT molecular complexity index is 777. The van der Waals surface area contributed by atoms with Crippen molar-refractivity contribution in [2.24, 2.45) is 0 Å². The van der Waals surface area contributed by atoms with Crippen molar-refractivity contribution in [3.05, 3.63) is 36.8 Å². The minimum atomic E-state index is 0.322. The molecule has 0 saturated heterocycles. The normalized spacial score (nSPS) is 13.3. The summed E-state index contributed by atoms with van der Waals surface area (Å²) < 4.78 is 21.5. The Morgan fingerprint density at radius 2 is 1.86 bits per heavy atom. The summed E-state index contributed by atoms with van der Waals surface area (Å²) in [6.45, 7) is 1.09. The molecule has 6 heteroatoms. The first-order chi connectivity index (χ1) is 10.3. The third kappa shape index (κ3) is 1.92. The van der Waals surface area contributed by atoms with E-state index in [0.29, 0.717) is 36.1 Å². The maximum atomic E-state index is 5.95. The van der Waals surface area contributed by atoms with Crippen LogP contribution in [0.4, 0.5) is 5.82 Å². The molecule has 106 valence electrons. The van der Waals surface area contributed by atoms with Crippen molar-refractivity contribution in [3.8, 4) is 33.9 Å². The highest BCUT2D eigenvalue weighted by molar-refractivity contribution is 5.87. The molecule has 0 amide bonds. The zero-order chi connectivity index (χ0) is 14.2. The van der Waals surface area contributed by atoms with Crippen molar-refractivity contribution < 1.29 is 18.4 Å². The number of rotatable bonds is 2. The van der Waals surface area contributed by atoms with Gasteiger partial charge in [0.1, 0.15) is 19.5 Å². The molecule has 4 rings (SSSR count). The molecule has 21 heavy (non-hydrogen) atoms. The summed E-state index contributed by atoms with van der Waals surface area (Å²) in [6, 6.07) is 7.43. The number of nitrogens with two attached hydrogens (primary N) is 1. The smallest absolute Gasteiger partial charge is 0.180 e. The zero-order valence-corrected chi connectivity index (χ0v) is 11.0. The molecule has 1 aromatic carbocycles. The van der Waals surface area contributed by atoms with E-state index in [2.05, 4.69) is 5.16 Å². The number of hydrogen-bond donors (Lipinski definition) is 1. The molecule has 0 unspecified atom stereocenters. The van der Waals surface area contributed by atoms with Gasteiger partial charge >= 0.3 is 0 Å². The number of hydrogen-bond acceptors (Lipinski definition) is 6. The molecule has 0 spiro atoms. The fraction of sp³-hybridized carbons (Fsp3) is 0.133. The van der Waals surface area contributed by atoms with Gasteiger partial charge in [-0.2, -0.15) is 0 Å². The third-order valence-corrected chi connectivity index (χ3v) is 3.33. The Balaban J connectivity index is 1.85. The lowest BCUT2D eigenvalue weighted by Gasteiger charge is -2.18. The van der Waals surface area contributed by atoms with Gasteiger partial charge in [0, 0.05) is 0 Å². The van der Waals surface area contributed by atoms with Gasteiger partial charge in [0.25, 0.3) is 0 Å². The van der Waals surface area contributed by atoms with Crippen LogP contribution < -0.4 is 15.2 Å². The highest BCUT2D eigenvalue weighted by Crippen LogP contribution is 2.40. The second-order valence-corrected chi connectivity index (χ2v) is 4.64. The van der Waals surface area contributed by atoms with Gasteiger partial charge in [-0.3, -0.25) is 0 Å². The van der Waals surface area contributed by atoms with Crippen LogP contribution in [0.5, 0.6) is 11.5 Å². The van der Waals surface area contributed by atoms with E-state index in [1.54, 1.807) is 18.6 Å². The first kappa shape index (κ1) is 11.9. The molecular formula is C15H12N2O4. The van der Waals surface area contributed by atoms with E-state index in [9.17, 15) is 0 Å². The molecule has 0 radical (unpaired) electrons. The molecule has 1 aliphatic heterocycles. The van der Waals surface area contributed by atoms with E-state index >= 15 is 0 Å². The molecule has 3 aromatic rings. The number of nitrogens with zero attached hydrogens (tertiary/aromatic N) is 1. The van der Waals surface area contributed by atoms with Crippen LogP contribution in [0, 0.1) is 0 Å². The summed E-state index contributed by atoms with van der Waals surface area (Å²) in [7, 11) is 0. The zero-order valence-electron chi connectivity index (χ0n) is 11.0. The van der Waals surface area contributed by atoms with Crippen LogP contribution in [0.3, 0.4) is 0 Å². The molecule has 0 saturated carbocycles. The number of furan rings is 1. The second-order valence-electron chi connectivity index (χ2n) is 4.64. The summed E-state index contributed by atoms with van der Waals surface area (Å²) in [5.74, 6) is 2.31. The lowest BCUT2D eigenvalue weighted by Crippen LogP contribution is -2.15. The van der Waals surface area contributed by atoms with Crippen molar-refractivity contribution >= 4 is 5.82 Å². The van der Waals surface area contributed by atoms with E-state index < -0.39 is 0 Å². The monoisotopic (exact) mass is 284 g/mol. The second kappa shape index (κ2) is 4.59.